The van der Waals surface area contributed by atoms with E-state index in [0.29, 0.717) is 5.56 Å². The van der Waals surface area contributed by atoms with Crippen molar-refractivity contribution in [1.82, 2.24) is 5.32 Å². The summed E-state index contributed by atoms with van der Waals surface area (Å²) in [7, 11) is 0. The van der Waals surface area contributed by atoms with Crippen molar-refractivity contribution >= 4 is 45.1 Å². The van der Waals surface area contributed by atoms with Crippen LogP contribution in [-0.2, 0) is 27.2 Å². The van der Waals surface area contributed by atoms with Crippen LogP contribution in [-0.4, -0.2) is 30.9 Å². The number of nitrogens with zero attached hydrogens (tertiary/aromatic N) is 1. The maximum atomic E-state index is 13.1. The van der Waals surface area contributed by atoms with Crippen molar-refractivity contribution in [3.05, 3.63) is 94.0 Å². The van der Waals surface area contributed by atoms with E-state index in [1.54, 1.807) is 29.2 Å². The lowest BCUT2D eigenvalue weighted by Gasteiger charge is -2.24. The number of rotatable bonds is 5. The van der Waals surface area contributed by atoms with Crippen LogP contribution in [0.1, 0.15) is 21.5 Å². The Labute approximate surface area is 194 Å². The van der Waals surface area contributed by atoms with Crippen LogP contribution in [0.4, 0.5) is 11.4 Å². The quantitative estimate of drug-likeness (QED) is 0.541. The first kappa shape index (κ1) is 21.8. The molecule has 7 heteroatoms. The van der Waals surface area contributed by atoms with Gasteiger partial charge >= 0.3 is 5.97 Å². The highest BCUT2D eigenvalue weighted by molar-refractivity contribution is 9.10. The number of halogens is 1. The monoisotopic (exact) mass is 492 g/mol. The zero-order valence-electron chi connectivity index (χ0n) is 17.2. The highest BCUT2D eigenvalue weighted by Gasteiger charge is 2.26. The number of esters is 1. The van der Waals surface area contributed by atoms with Crippen LogP contribution in [0.2, 0.25) is 0 Å². The SMILES string of the molecule is O=C(CNC(=O)c1ccc(Br)cc1)OCC(=O)N1c2ccccc2CCc2ccccc21. The largest absolute Gasteiger partial charge is 0.454 e. The summed E-state index contributed by atoms with van der Waals surface area (Å²) in [4.78, 5) is 39.1. The molecule has 1 heterocycles. The molecule has 4 rings (SSSR count). The van der Waals surface area contributed by atoms with Crippen LogP contribution in [0.5, 0.6) is 0 Å². The van der Waals surface area contributed by atoms with Crippen molar-refractivity contribution < 1.29 is 19.1 Å². The van der Waals surface area contributed by atoms with Crippen LogP contribution < -0.4 is 10.2 Å². The Balaban J connectivity index is 1.41. The molecule has 3 aromatic rings. The van der Waals surface area contributed by atoms with Gasteiger partial charge in [0.2, 0.25) is 0 Å². The Morgan fingerprint density at radius 1 is 0.844 bits per heavy atom. The number of ether oxygens (including phenoxy) is 1. The van der Waals surface area contributed by atoms with E-state index >= 15 is 0 Å². The van der Waals surface area contributed by atoms with Crippen LogP contribution >= 0.6 is 15.9 Å². The molecule has 2 amide bonds. The zero-order valence-corrected chi connectivity index (χ0v) is 18.8. The van der Waals surface area contributed by atoms with E-state index in [2.05, 4.69) is 21.2 Å². The third kappa shape index (κ3) is 4.89. The summed E-state index contributed by atoms with van der Waals surface area (Å²) in [6.45, 7) is -0.745. The van der Waals surface area contributed by atoms with Crippen LogP contribution in [0.3, 0.4) is 0 Å². The summed E-state index contributed by atoms with van der Waals surface area (Å²) in [5.41, 5.74) is 4.13. The minimum absolute atomic E-state index is 0.324. The number of nitrogens with one attached hydrogen (secondary N) is 1. The second-order valence-corrected chi connectivity index (χ2v) is 8.25. The fourth-order valence-electron chi connectivity index (χ4n) is 3.66. The molecule has 1 aliphatic rings. The zero-order chi connectivity index (χ0) is 22.5. The molecule has 3 aromatic carbocycles. The molecular weight excluding hydrogens is 472 g/mol. The smallest absolute Gasteiger partial charge is 0.325 e. The maximum absolute atomic E-state index is 13.1. The molecule has 0 atom stereocenters. The fourth-order valence-corrected chi connectivity index (χ4v) is 3.93. The van der Waals surface area contributed by atoms with Crippen molar-refractivity contribution in [1.29, 1.82) is 0 Å². The van der Waals surface area contributed by atoms with E-state index in [9.17, 15) is 14.4 Å². The summed E-state index contributed by atoms with van der Waals surface area (Å²) >= 11 is 3.31. The number of aryl methyl sites for hydroxylation is 2. The first-order chi connectivity index (χ1) is 15.5. The van der Waals surface area contributed by atoms with Gasteiger partial charge in [-0.2, -0.15) is 0 Å². The van der Waals surface area contributed by atoms with Gasteiger partial charge in [-0.15, -0.1) is 0 Å². The number of anilines is 2. The Bertz CT molecular complexity index is 1110. The lowest BCUT2D eigenvalue weighted by molar-refractivity contribution is -0.146. The summed E-state index contributed by atoms with van der Waals surface area (Å²) in [6.07, 6.45) is 1.64. The van der Waals surface area contributed by atoms with Gasteiger partial charge in [-0.3, -0.25) is 19.3 Å². The van der Waals surface area contributed by atoms with Crippen molar-refractivity contribution in [2.24, 2.45) is 0 Å². The molecule has 0 saturated carbocycles. The van der Waals surface area contributed by atoms with E-state index in [1.165, 1.54) is 0 Å². The van der Waals surface area contributed by atoms with Crippen molar-refractivity contribution in [2.75, 3.05) is 18.1 Å². The van der Waals surface area contributed by atoms with Crippen LogP contribution in [0.25, 0.3) is 0 Å². The number of carbonyl (C=O) groups excluding carboxylic acids is 3. The highest BCUT2D eigenvalue weighted by Crippen LogP contribution is 2.35. The van der Waals surface area contributed by atoms with E-state index in [1.807, 2.05) is 48.5 Å². The van der Waals surface area contributed by atoms with Gasteiger partial charge < -0.3 is 10.1 Å². The average Bonchev–Trinajstić information content (AvgIpc) is 2.98. The van der Waals surface area contributed by atoms with Crippen LogP contribution in [0.15, 0.2) is 77.3 Å². The number of amides is 2. The summed E-state index contributed by atoms with van der Waals surface area (Å²) in [5.74, 6) is -1.42. The summed E-state index contributed by atoms with van der Waals surface area (Å²) in [6, 6.07) is 22.2. The Morgan fingerprint density at radius 2 is 1.41 bits per heavy atom. The molecule has 0 fully saturated rings. The molecular formula is C25H21BrN2O4. The average molecular weight is 493 g/mol. The lowest BCUT2D eigenvalue weighted by atomic mass is 10.0. The molecule has 1 aliphatic heterocycles. The van der Waals surface area contributed by atoms with Gasteiger partial charge in [0.15, 0.2) is 6.61 Å². The van der Waals surface area contributed by atoms with Gasteiger partial charge in [-0.05, 0) is 60.4 Å². The normalized spacial score (nSPS) is 12.2. The standard InChI is InChI=1S/C25H21BrN2O4/c26-20-13-11-19(12-14-20)25(31)27-15-24(30)32-16-23(29)28-21-7-3-1-5-17(21)9-10-18-6-2-4-8-22(18)28/h1-8,11-14H,9-10,15-16H2,(H,27,31). The highest BCUT2D eigenvalue weighted by atomic mass is 79.9. The van der Waals surface area contributed by atoms with Crippen molar-refractivity contribution in [3.63, 3.8) is 0 Å². The van der Waals surface area contributed by atoms with E-state index in [4.69, 9.17) is 4.74 Å². The van der Waals surface area contributed by atoms with Gasteiger partial charge in [0.25, 0.3) is 11.8 Å². The molecule has 6 nitrogen and oxygen atoms in total. The first-order valence-corrected chi connectivity index (χ1v) is 11.0. The van der Waals surface area contributed by atoms with Gasteiger partial charge in [0.1, 0.15) is 6.54 Å². The number of hydrogen-bond acceptors (Lipinski definition) is 4. The summed E-state index contributed by atoms with van der Waals surface area (Å²) < 4.78 is 6.03. The van der Waals surface area contributed by atoms with E-state index in [0.717, 1.165) is 39.8 Å². The molecule has 0 radical (unpaired) electrons. The van der Waals surface area contributed by atoms with Gasteiger partial charge in [-0.25, -0.2) is 0 Å². The van der Waals surface area contributed by atoms with E-state index < -0.39 is 18.5 Å². The predicted molar refractivity (Wildman–Crippen MR) is 125 cm³/mol. The number of para-hydroxylation sites is 2. The second kappa shape index (κ2) is 9.78. The van der Waals surface area contributed by atoms with Crippen LogP contribution in [0, 0.1) is 0 Å². The molecule has 0 spiro atoms. The molecule has 32 heavy (non-hydrogen) atoms. The topological polar surface area (TPSA) is 75.7 Å². The Kier molecular flexibility index (Phi) is 6.66. The molecule has 162 valence electrons. The summed E-state index contributed by atoms with van der Waals surface area (Å²) in [5, 5.41) is 2.51. The molecule has 0 unspecified atom stereocenters. The molecule has 0 aliphatic carbocycles. The second-order valence-electron chi connectivity index (χ2n) is 7.34. The number of carbonyl (C=O) groups is 3. The number of benzene rings is 3. The van der Waals surface area contributed by atoms with Gasteiger partial charge in [0, 0.05) is 10.0 Å². The van der Waals surface area contributed by atoms with Gasteiger partial charge in [-0.1, -0.05) is 52.3 Å². The Morgan fingerprint density at radius 3 is 2.00 bits per heavy atom. The molecule has 1 N–H and O–H groups in total. The third-order valence-electron chi connectivity index (χ3n) is 5.23. The third-order valence-corrected chi connectivity index (χ3v) is 5.76. The molecule has 0 bridgehead atoms. The molecule has 0 aromatic heterocycles. The fraction of sp³-hybridized carbons (Fsp3) is 0.160. The number of hydrogen-bond donors (Lipinski definition) is 1. The number of fused-ring (bicyclic) bond motifs is 2. The van der Waals surface area contributed by atoms with Gasteiger partial charge in [0.05, 0.1) is 11.4 Å². The van der Waals surface area contributed by atoms with E-state index in [-0.39, 0.29) is 12.5 Å². The molecule has 0 saturated heterocycles. The maximum Gasteiger partial charge on any atom is 0.325 e. The Hall–Kier alpha value is -3.45. The predicted octanol–water partition coefficient (Wildman–Crippen LogP) is 4.19. The lowest BCUT2D eigenvalue weighted by Crippen LogP contribution is -2.35. The first-order valence-electron chi connectivity index (χ1n) is 10.2. The van der Waals surface area contributed by atoms with Crippen molar-refractivity contribution in [3.8, 4) is 0 Å². The minimum atomic E-state index is -0.680. The van der Waals surface area contributed by atoms with Crippen molar-refractivity contribution in [2.45, 2.75) is 12.8 Å². The minimum Gasteiger partial charge on any atom is -0.454 e.